The highest BCUT2D eigenvalue weighted by Crippen LogP contribution is 2.37. The summed E-state index contributed by atoms with van der Waals surface area (Å²) in [7, 11) is 1.45. The number of halogens is 1. The lowest BCUT2D eigenvalue weighted by Crippen LogP contribution is -2.41. The second-order valence-corrected chi connectivity index (χ2v) is 4.61. The van der Waals surface area contributed by atoms with Crippen LogP contribution in [0.4, 0.5) is 15.8 Å². The van der Waals surface area contributed by atoms with E-state index in [1.54, 1.807) is 6.07 Å². The Morgan fingerprint density at radius 2 is 2.12 bits per heavy atom. The quantitative estimate of drug-likeness (QED) is 0.776. The average molecular weight is 224 g/mol. The number of ether oxygens (including phenoxy) is 1. The molecule has 16 heavy (non-hydrogen) atoms. The normalized spacial score (nSPS) is 17.7. The van der Waals surface area contributed by atoms with Gasteiger partial charge in [0.1, 0.15) is 0 Å². The van der Waals surface area contributed by atoms with Gasteiger partial charge in [0.05, 0.1) is 18.5 Å². The lowest BCUT2D eigenvalue weighted by atomic mass is 9.78. The van der Waals surface area contributed by atoms with E-state index in [1.807, 2.05) is 0 Å². The first kappa shape index (κ1) is 11.0. The summed E-state index contributed by atoms with van der Waals surface area (Å²) in [5.41, 5.74) is 7.04. The van der Waals surface area contributed by atoms with Crippen LogP contribution in [0.5, 0.6) is 5.75 Å². The van der Waals surface area contributed by atoms with Crippen molar-refractivity contribution in [1.82, 2.24) is 0 Å². The SMILES string of the molecule is COc1cc(NC2(C)CCC2)c(N)cc1F. The fraction of sp³-hybridized carbons (Fsp3) is 0.500. The zero-order chi connectivity index (χ0) is 11.8. The minimum absolute atomic E-state index is 0.0942. The van der Waals surface area contributed by atoms with Gasteiger partial charge < -0.3 is 15.8 Å². The molecule has 1 saturated carbocycles. The smallest absolute Gasteiger partial charge is 0.167 e. The first-order valence-corrected chi connectivity index (χ1v) is 5.45. The van der Waals surface area contributed by atoms with E-state index in [2.05, 4.69) is 12.2 Å². The number of methoxy groups -OCH3 is 1. The summed E-state index contributed by atoms with van der Waals surface area (Å²) in [5, 5.41) is 3.35. The second-order valence-electron chi connectivity index (χ2n) is 4.61. The zero-order valence-corrected chi connectivity index (χ0v) is 9.64. The van der Waals surface area contributed by atoms with E-state index >= 15 is 0 Å². The van der Waals surface area contributed by atoms with Gasteiger partial charge in [-0.1, -0.05) is 0 Å². The summed E-state index contributed by atoms with van der Waals surface area (Å²) >= 11 is 0. The molecule has 0 bridgehead atoms. The lowest BCUT2D eigenvalue weighted by molar-refractivity contribution is 0.306. The number of nitrogen functional groups attached to an aromatic ring is 1. The van der Waals surface area contributed by atoms with E-state index in [-0.39, 0.29) is 11.3 Å². The first-order chi connectivity index (χ1) is 7.54. The van der Waals surface area contributed by atoms with Crippen molar-refractivity contribution in [2.75, 3.05) is 18.2 Å². The first-order valence-electron chi connectivity index (χ1n) is 5.45. The number of hydrogen-bond donors (Lipinski definition) is 2. The lowest BCUT2D eigenvalue weighted by Gasteiger charge is -2.40. The van der Waals surface area contributed by atoms with Crippen LogP contribution >= 0.6 is 0 Å². The third-order valence-electron chi connectivity index (χ3n) is 3.22. The maximum atomic E-state index is 13.3. The van der Waals surface area contributed by atoms with Crippen LogP contribution in [0, 0.1) is 5.82 Å². The number of benzene rings is 1. The third kappa shape index (κ3) is 1.92. The van der Waals surface area contributed by atoms with Crippen LogP contribution in [0.15, 0.2) is 12.1 Å². The molecule has 0 aromatic heterocycles. The molecule has 1 aliphatic carbocycles. The van der Waals surface area contributed by atoms with Gasteiger partial charge in [-0.15, -0.1) is 0 Å². The van der Waals surface area contributed by atoms with E-state index in [4.69, 9.17) is 10.5 Å². The molecule has 0 heterocycles. The number of rotatable bonds is 3. The second kappa shape index (κ2) is 3.85. The molecule has 2 rings (SSSR count). The summed E-state index contributed by atoms with van der Waals surface area (Å²) in [6.07, 6.45) is 3.46. The van der Waals surface area contributed by atoms with E-state index < -0.39 is 5.82 Å². The Morgan fingerprint density at radius 3 is 2.62 bits per heavy atom. The molecule has 0 saturated heterocycles. The number of anilines is 2. The standard InChI is InChI=1S/C12H17FN2O/c1-12(4-3-5-12)15-10-7-11(16-2)8(13)6-9(10)14/h6-7,15H,3-5,14H2,1-2H3. The van der Waals surface area contributed by atoms with Crippen molar-refractivity contribution >= 4 is 11.4 Å². The van der Waals surface area contributed by atoms with Crippen molar-refractivity contribution in [3.05, 3.63) is 17.9 Å². The summed E-state index contributed by atoms with van der Waals surface area (Å²) < 4.78 is 18.3. The van der Waals surface area contributed by atoms with Gasteiger partial charge in [-0.2, -0.15) is 0 Å². The molecule has 4 heteroatoms. The maximum absolute atomic E-state index is 13.3. The van der Waals surface area contributed by atoms with Gasteiger partial charge in [-0.05, 0) is 26.2 Å². The van der Waals surface area contributed by atoms with Gasteiger partial charge in [0.15, 0.2) is 11.6 Å². The fourth-order valence-electron chi connectivity index (χ4n) is 1.99. The molecule has 0 radical (unpaired) electrons. The third-order valence-corrected chi connectivity index (χ3v) is 3.22. The van der Waals surface area contributed by atoms with Gasteiger partial charge in [0.25, 0.3) is 0 Å². The van der Waals surface area contributed by atoms with Crippen molar-refractivity contribution < 1.29 is 9.13 Å². The zero-order valence-electron chi connectivity index (χ0n) is 9.64. The molecule has 88 valence electrons. The van der Waals surface area contributed by atoms with E-state index in [0.29, 0.717) is 5.69 Å². The number of nitrogens with one attached hydrogen (secondary N) is 1. The largest absolute Gasteiger partial charge is 0.494 e. The molecule has 3 nitrogen and oxygen atoms in total. The van der Waals surface area contributed by atoms with Crippen molar-refractivity contribution in [2.45, 2.75) is 31.7 Å². The highest BCUT2D eigenvalue weighted by molar-refractivity contribution is 5.69. The molecule has 0 unspecified atom stereocenters. The highest BCUT2D eigenvalue weighted by Gasteiger charge is 2.32. The molecule has 0 amide bonds. The van der Waals surface area contributed by atoms with Crippen molar-refractivity contribution in [3.63, 3.8) is 0 Å². The minimum atomic E-state index is -0.427. The number of hydrogen-bond acceptors (Lipinski definition) is 3. The molecule has 0 spiro atoms. The predicted molar refractivity (Wildman–Crippen MR) is 63.2 cm³/mol. The molecule has 1 fully saturated rings. The van der Waals surface area contributed by atoms with Crippen LogP contribution < -0.4 is 15.8 Å². The fourth-order valence-corrected chi connectivity index (χ4v) is 1.99. The van der Waals surface area contributed by atoms with Crippen LogP contribution in [-0.2, 0) is 0 Å². The van der Waals surface area contributed by atoms with Crippen molar-refractivity contribution in [2.24, 2.45) is 0 Å². The highest BCUT2D eigenvalue weighted by atomic mass is 19.1. The Morgan fingerprint density at radius 1 is 1.44 bits per heavy atom. The Hall–Kier alpha value is -1.45. The van der Waals surface area contributed by atoms with Gasteiger partial charge in [0, 0.05) is 17.7 Å². The average Bonchev–Trinajstić information content (AvgIpc) is 2.19. The Kier molecular flexibility index (Phi) is 2.66. The molecule has 0 aliphatic heterocycles. The van der Waals surface area contributed by atoms with Gasteiger partial charge in [0.2, 0.25) is 0 Å². The van der Waals surface area contributed by atoms with Crippen LogP contribution in [0.2, 0.25) is 0 Å². The monoisotopic (exact) mass is 224 g/mol. The molecular weight excluding hydrogens is 207 g/mol. The van der Waals surface area contributed by atoms with Crippen molar-refractivity contribution in [1.29, 1.82) is 0 Å². The van der Waals surface area contributed by atoms with Crippen LogP contribution in [-0.4, -0.2) is 12.6 Å². The van der Waals surface area contributed by atoms with Gasteiger partial charge >= 0.3 is 0 Å². The topological polar surface area (TPSA) is 47.3 Å². The molecule has 1 aromatic carbocycles. The molecule has 1 aliphatic rings. The Balaban J connectivity index is 2.26. The summed E-state index contributed by atoms with van der Waals surface area (Å²) in [4.78, 5) is 0. The van der Waals surface area contributed by atoms with Crippen LogP contribution in [0.1, 0.15) is 26.2 Å². The summed E-state index contributed by atoms with van der Waals surface area (Å²) in [5.74, 6) is -0.205. The minimum Gasteiger partial charge on any atom is -0.494 e. The van der Waals surface area contributed by atoms with Crippen LogP contribution in [0.25, 0.3) is 0 Å². The maximum Gasteiger partial charge on any atom is 0.167 e. The van der Waals surface area contributed by atoms with Crippen LogP contribution in [0.3, 0.4) is 0 Å². The molecule has 1 aromatic rings. The Bertz CT molecular complexity index is 402. The van der Waals surface area contributed by atoms with E-state index in [0.717, 1.165) is 18.5 Å². The molecular formula is C12H17FN2O. The summed E-state index contributed by atoms with van der Waals surface area (Å²) in [6.45, 7) is 2.14. The van der Waals surface area contributed by atoms with Crippen molar-refractivity contribution in [3.8, 4) is 5.75 Å². The van der Waals surface area contributed by atoms with Gasteiger partial charge in [-0.25, -0.2) is 4.39 Å². The molecule has 0 atom stereocenters. The van der Waals surface area contributed by atoms with E-state index in [9.17, 15) is 4.39 Å². The Labute approximate surface area is 94.8 Å². The number of nitrogens with two attached hydrogens (primary N) is 1. The van der Waals surface area contributed by atoms with E-state index in [1.165, 1.54) is 19.6 Å². The van der Waals surface area contributed by atoms with Gasteiger partial charge in [-0.3, -0.25) is 0 Å². The predicted octanol–water partition coefficient (Wildman–Crippen LogP) is 2.77. The summed E-state index contributed by atoms with van der Waals surface area (Å²) in [6, 6.07) is 2.91. The molecule has 3 N–H and O–H groups in total.